The van der Waals surface area contributed by atoms with Crippen molar-refractivity contribution in [2.24, 2.45) is 0 Å². The van der Waals surface area contributed by atoms with Crippen LogP contribution in [-0.4, -0.2) is 36.0 Å². The largest absolute Gasteiger partial charge is 0.322 e. The maximum atomic E-state index is 12.9. The van der Waals surface area contributed by atoms with Crippen LogP contribution in [0, 0.1) is 18.3 Å². The topological polar surface area (TPSA) is 78.1 Å². The van der Waals surface area contributed by atoms with E-state index in [2.05, 4.69) is 11.4 Å². The molecule has 0 saturated carbocycles. The Kier molecular flexibility index (Phi) is 6.54. The molecule has 142 valence electrons. The second-order valence-corrected chi connectivity index (χ2v) is 6.99. The molecule has 1 aromatic heterocycles. The second kappa shape index (κ2) is 8.65. The zero-order valence-corrected chi connectivity index (χ0v) is 16.5. The van der Waals surface area contributed by atoms with Crippen LogP contribution >= 0.6 is 0 Å². The van der Waals surface area contributed by atoms with Crippen molar-refractivity contribution in [1.29, 1.82) is 5.26 Å². The fraction of sp³-hybridized carbons (Fsp3) is 0.381. The van der Waals surface area contributed by atoms with Crippen LogP contribution in [0.25, 0.3) is 0 Å². The molecule has 0 spiro atoms. The minimum Gasteiger partial charge on any atom is -0.322 e. The quantitative estimate of drug-likeness (QED) is 0.852. The number of aryl methyl sites for hydroxylation is 2. The Balaban J connectivity index is 2.40. The molecule has 1 aromatic carbocycles. The number of carbonyl (C=O) groups is 1. The van der Waals surface area contributed by atoms with Crippen molar-refractivity contribution in [3.05, 3.63) is 63.1 Å². The Morgan fingerprint density at radius 3 is 2.63 bits per heavy atom. The molecule has 0 aliphatic rings. The Morgan fingerprint density at radius 2 is 2.04 bits per heavy atom. The molecule has 6 nitrogen and oxygen atoms in total. The minimum atomic E-state index is -0.427. The second-order valence-electron chi connectivity index (χ2n) is 6.99. The molecule has 1 heterocycles. The van der Waals surface area contributed by atoms with Gasteiger partial charge in [-0.3, -0.25) is 9.59 Å². The van der Waals surface area contributed by atoms with Crippen LogP contribution in [0.2, 0.25) is 0 Å². The third-order valence-electron chi connectivity index (χ3n) is 4.52. The highest BCUT2D eigenvalue weighted by atomic mass is 16.2. The van der Waals surface area contributed by atoms with Crippen LogP contribution in [0.3, 0.4) is 0 Å². The van der Waals surface area contributed by atoms with Gasteiger partial charge in [0, 0.05) is 24.5 Å². The first-order valence-corrected chi connectivity index (χ1v) is 8.99. The van der Waals surface area contributed by atoms with Gasteiger partial charge in [-0.15, -0.1) is 0 Å². The summed E-state index contributed by atoms with van der Waals surface area (Å²) in [5, 5.41) is 11.9. The molecule has 0 saturated heterocycles. The van der Waals surface area contributed by atoms with E-state index in [1.807, 2.05) is 32.8 Å². The van der Waals surface area contributed by atoms with Gasteiger partial charge in [0.2, 0.25) is 0 Å². The SMILES string of the molecule is CCc1cc(C#N)ccc1NC(=O)c1c(C)ccn(C(C)CN(C)C)c1=O. The zero-order valence-electron chi connectivity index (χ0n) is 16.5. The summed E-state index contributed by atoms with van der Waals surface area (Å²) in [4.78, 5) is 27.8. The highest BCUT2D eigenvalue weighted by Gasteiger charge is 2.19. The number of pyridine rings is 1. The molecule has 0 aliphatic carbocycles. The Hall–Kier alpha value is -2.91. The summed E-state index contributed by atoms with van der Waals surface area (Å²) in [5.74, 6) is -0.427. The maximum absolute atomic E-state index is 12.9. The number of rotatable bonds is 6. The number of nitrogens with zero attached hydrogens (tertiary/aromatic N) is 3. The molecule has 6 heteroatoms. The van der Waals surface area contributed by atoms with E-state index in [4.69, 9.17) is 5.26 Å². The van der Waals surface area contributed by atoms with Crippen LogP contribution in [0.5, 0.6) is 0 Å². The molecule has 0 fully saturated rings. The molecule has 0 radical (unpaired) electrons. The molecule has 1 amide bonds. The van der Waals surface area contributed by atoms with Crippen LogP contribution in [0.15, 0.2) is 35.3 Å². The number of benzene rings is 1. The number of nitriles is 1. The third-order valence-corrected chi connectivity index (χ3v) is 4.52. The summed E-state index contributed by atoms with van der Waals surface area (Å²) in [7, 11) is 3.89. The van der Waals surface area contributed by atoms with Gasteiger partial charge in [0.25, 0.3) is 11.5 Å². The van der Waals surface area contributed by atoms with Crippen molar-refractivity contribution in [1.82, 2.24) is 9.47 Å². The molecule has 1 N–H and O–H groups in total. The predicted octanol–water partition coefficient (Wildman–Crippen LogP) is 2.97. The molecule has 27 heavy (non-hydrogen) atoms. The number of likely N-dealkylation sites (N-methyl/N-ethyl adjacent to an activating group) is 1. The average Bonchev–Trinajstić information content (AvgIpc) is 2.61. The summed E-state index contributed by atoms with van der Waals surface area (Å²) in [6.45, 7) is 6.36. The van der Waals surface area contributed by atoms with Crippen molar-refractivity contribution in [2.75, 3.05) is 26.0 Å². The van der Waals surface area contributed by atoms with E-state index in [0.717, 1.165) is 5.56 Å². The summed E-state index contributed by atoms with van der Waals surface area (Å²) in [6.07, 6.45) is 2.41. The lowest BCUT2D eigenvalue weighted by Gasteiger charge is -2.20. The van der Waals surface area contributed by atoms with Gasteiger partial charge in [-0.2, -0.15) is 5.26 Å². The van der Waals surface area contributed by atoms with Crippen LogP contribution in [0.4, 0.5) is 5.69 Å². The van der Waals surface area contributed by atoms with Crippen molar-refractivity contribution in [3.63, 3.8) is 0 Å². The smallest absolute Gasteiger partial charge is 0.263 e. The first-order chi connectivity index (χ1) is 12.8. The number of aromatic nitrogens is 1. The first-order valence-electron chi connectivity index (χ1n) is 8.99. The normalized spacial score (nSPS) is 11.9. The maximum Gasteiger partial charge on any atom is 0.263 e. The minimum absolute atomic E-state index is 0.0548. The summed E-state index contributed by atoms with van der Waals surface area (Å²) in [6, 6.07) is 8.96. The number of hydrogen-bond acceptors (Lipinski definition) is 4. The number of hydrogen-bond donors (Lipinski definition) is 1. The lowest BCUT2D eigenvalue weighted by Crippen LogP contribution is -2.34. The van der Waals surface area contributed by atoms with Gasteiger partial charge in [0.1, 0.15) is 5.56 Å². The van der Waals surface area contributed by atoms with E-state index in [1.165, 1.54) is 0 Å². The van der Waals surface area contributed by atoms with Crippen LogP contribution in [0.1, 0.15) is 46.9 Å². The van der Waals surface area contributed by atoms with Crippen molar-refractivity contribution < 1.29 is 4.79 Å². The molecule has 2 rings (SSSR count). The van der Waals surface area contributed by atoms with E-state index in [-0.39, 0.29) is 17.2 Å². The molecular formula is C21H26N4O2. The van der Waals surface area contributed by atoms with Crippen molar-refractivity contribution in [2.45, 2.75) is 33.2 Å². The highest BCUT2D eigenvalue weighted by molar-refractivity contribution is 6.05. The first kappa shape index (κ1) is 20.4. The third kappa shape index (κ3) is 4.63. The monoisotopic (exact) mass is 366 g/mol. The van der Waals surface area contributed by atoms with Gasteiger partial charge in [-0.25, -0.2) is 0 Å². The number of anilines is 1. The Labute approximate surface area is 160 Å². The van der Waals surface area contributed by atoms with Gasteiger partial charge in [-0.1, -0.05) is 6.92 Å². The Morgan fingerprint density at radius 1 is 1.33 bits per heavy atom. The van der Waals surface area contributed by atoms with E-state index >= 15 is 0 Å². The summed E-state index contributed by atoms with van der Waals surface area (Å²) in [5.41, 5.74) is 2.51. The number of amides is 1. The van der Waals surface area contributed by atoms with Crippen molar-refractivity contribution in [3.8, 4) is 6.07 Å². The highest BCUT2D eigenvalue weighted by Crippen LogP contribution is 2.19. The molecular weight excluding hydrogens is 340 g/mol. The molecule has 0 bridgehead atoms. The standard InChI is InChI=1S/C21H26N4O2/c1-6-17-11-16(12-22)7-8-18(17)23-20(26)19-14(2)9-10-25(21(19)27)15(3)13-24(4)5/h7-11,15H,6,13H2,1-5H3,(H,23,26). The van der Waals surface area contributed by atoms with Gasteiger partial charge in [0.05, 0.1) is 11.6 Å². The number of carbonyl (C=O) groups excluding carboxylic acids is 1. The van der Waals surface area contributed by atoms with Crippen LogP contribution < -0.4 is 10.9 Å². The molecule has 2 aromatic rings. The van der Waals surface area contributed by atoms with E-state index in [0.29, 0.717) is 29.8 Å². The average molecular weight is 366 g/mol. The van der Waals surface area contributed by atoms with Gasteiger partial charge in [-0.05, 0) is 69.8 Å². The fourth-order valence-electron chi connectivity index (χ4n) is 3.14. The number of nitrogens with one attached hydrogen (secondary N) is 1. The Bertz CT molecular complexity index is 938. The predicted molar refractivity (Wildman–Crippen MR) is 107 cm³/mol. The van der Waals surface area contributed by atoms with Gasteiger partial charge >= 0.3 is 0 Å². The van der Waals surface area contributed by atoms with E-state index in [9.17, 15) is 9.59 Å². The summed E-state index contributed by atoms with van der Waals surface area (Å²) < 4.78 is 1.60. The lowest BCUT2D eigenvalue weighted by atomic mass is 10.1. The molecule has 1 atom stereocenters. The van der Waals surface area contributed by atoms with Gasteiger partial charge < -0.3 is 14.8 Å². The fourth-order valence-corrected chi connectivity index (χ4v) is 3.14. The van der Waals surface area contributed by atoms with Gasteiger partial charge in [0.15, 0.2) is 0 Å². The zero-order chi connectivity index (χ0) is 20.1. The van der Waals surface area contributed by atoms with Crippen molar-refractivity contribution >= 4 is 11.6 Å². The summed E-state index contributed by atoms with van der Waals surface area (Å²) >= 11 is 0. The molecule has 0 aliphatic heterocycles. The molecule has 1 unspecified atom stereocenters. The van der Waals surface area contributed by atoms with E-state index in [1.54, 1.807) is 42.0 Å². The van der Waals surface area contributed by atoms with E-state index < -0.39 is 5.91 Å². The van der Waals surface area contributed by atoms with Crippen LogP contribution in [-0.2, 0) is 6.42 Å². The lowest BCUT2D eigenvalue weighted by molar-refractivity contribution is 0.102.